The van der Waals surface area contributed by atoms with Crippen LogP contribution in [0.5, 0.6) is 0 Å². The lowest BCUT2D eigenvalue weighted by Gasteiger charge is -2.42. The minimum Gasteiger partial charge on any atom is -0.449 e. The third-order valence-electron chi connectivity index (χ3n) is 8.67. The van der Waals surface area contributed by atoms with E-state index in [0.29, 0.717) is 41.6 Å². The summed E-state index contributed by atoms with van der Waals surface area (Å²) in [6, 6.07) is 16.1. The second-order valence-corrected chi connectivity index (χ2v) is 12.5. The lowest BCUT2D eigenvalue weighted by atomic mass is 9.86. The van der Waals surface area contributed by atoms with Crippen LogP contribution in [0.4, 0.5) is 31.1 Å². The average molecular weight is 674 g/mol. The van der Waals surface area contributed by atoms with E-state index in [1.165, 1.54) is 10.5 Å². The molecule has 2 fully saturated rings. The number of cyclic esters (lactones) is 1. The molecule has 1 amide bonds. The summed E-state index contributed by atoms with van der Waals surface area (Å²) in [5.74, 6) is 0.0958. The smallest absolute Gasteiger partial charge is 0.416 e. The van der Waals surface area contributed by atoms with Crippen molar-refractivity contribution in [2.45, 2.75) is 56.5 Å². The van der Waals surface area contributed by atoms with E-state index in [9.17, 15) is 31.1 Å². The maximum absolute atomic E-state index is 13.6. The number of piperidine rings is 1. The van der Waals surface area contributed by atoms with Crippen LogP contribution in [0.25, 0.3) is 0 Å². The van der Waals surface area contributed by atoms with E-state index < -0.39 is 48.1 Å². The molecule has 0 radical (unpaired) electrons. The SMILES string of the molecule is O=C1OCC(c2ccc(Cl)c(Cl)c2)C(CCN2CCC(Cc3ccccc3)CC2)N1Cc1cc(C(F)(F)F)cc(C(F)(F)F)c1. The first-order valence-electron chi connectivity index (χ1n) is 14.7. The molecule has 3 aromatic rings. The van der Waals surface area contributed by atoms with E-state index >= 15 is 0 Å². The lowest BCUT2D eigenvalue weighted by molar-refractivity contribution is -0.143. The molecule has 3 aromatic carbocycles. The van der Waals surface area contributed by atoms with Crippen molar-refractivity contribution in [3.63, 3.8) is 0 Å². The van der Waals surface area contributed by atoms with Crippen LogP contribution in [0.2, 0.25) is 10.0 Å². The number of carbonyl (C=O) groups excluding carboxylic acids is 1. The Morgan fingerprint density at radius 2 is 1.44 bits per heavy atom. The zero-order valence-corrected chi connectivity index (χ0v) is 25.7. The molecule has 0 spiro atoms. The highest BCUT2D eigenvalue weighted by Gasteiger charge is 2.41. The topological polar surface area (TPSA) is 32.8 Å². The Balaban J connectivity index is 1.38. The largest absolute Gasteiger partial charge is 0.449 e. The second kappa shape index (κ2) is 13.8. The normalized spacial score (nSPS) is 20.4. The lowest BCUT2D eigenvalue weighted by Crippen LogP contribution is -2.51. The Morgan fingerprint density at radius 1 is 0.800 bits per heavy atom. The van der Waals surface area contributed by atoms with E-state index in [4.69, 9.17) is 27.9 Å². The van der Waals surface area contributed by atoms with Gasteiger partial charge in [-0.15, -0.1) is 0 Å². The van der Waals surface area contributed by atoms with Gasteiger partial charge in [0.25, 0.3) is 0 Å². The first-order chi connectivity index (χ1) is 21.3. The third-order valence-corrected chi connectivity index (χ3v) is 9.41. The highest BCUT2D eigenvalue weighted by molar-refractivity contribution is 6.42. The van der Waals surface area contributed by atoms with Gasteiger partial charge in [-0.2, -0.15) is 26.3 Å². The molecule has 12 heteroatoms. The molecule has 0 bridgehead atoms. The van der Waals surface area contributed by atoms with Crippen LogP contribution in [0.3, 0.4) is 0 Å². The highest BCUT2D eigenvalue weighted by atomic mass is 35.5. The van der Waals surface area contributed by atoms with Crippen LogP contribution in [0.15, 0.2) is 66.7 Å². The Hall–Kier alpha value is -2.95. The molecule has 0 N–H and O–H groups in total. The monoisotopic (exact) mass is 672 g/mol. The van der Waals surface area contributed by atoms with Crippen molar-refractivity contribution in [3.05, 3.63) is 105 Å². The van der Waals surface area contributed by atoms with E-state index in [1.54, 1.807) is 18.2 Å². The Morgan fingerprint density at radius 3 is 2.04 bits per heavy atom. The molecule has 2 heterocycles. The van der Waals surface area contributed by atoms with Crippen LogP contribution in [-0.4, -0.2) is 48.2 Å². The highest BCUT2D eigenvalue weighted by Crippen LogP contribution is 2.39. The van der Waals surface area contributed by atoms with Crippen LogP contribution < -0.4 is 0 Å². The number of benzene rings is 3. The van der Waals surface area contributed by atoms with Gasteiger partial charge in [-0.25, -0.2) is 4.79 Å². The quantitative estimate of drug-likeness (QED) is 0.224. The molecule has 242 valence electrons. The fourth-order valence-corrected chi connectivity index (χ4v) is 6.60. The standard InChI is InChI=1S/C33H32Cl2F6N2O2/c34-28-7-6-24(17-29(28)35)27-20-45-31(44)43(19-23-15-25(32(36,37)38)18-26(16-23)33(39,40)41)30(27)10-13-42-11-8-22(9-12-42)14-21-4-2-1-3-5-21/h1-7,15-18,22,27,30H,8-14,19-20H2. The number of hydrogen-bond donors (Lipinski definition) is 0. The first kappa shape index (κ1) is 33.4. The van der Waals surface area contributed by atoms with E-state index in [2.05, 4.69) is 17.0 Å². The van der Waals surface area contributed by atoms with Crippen LogP contribution in [-0.2, 0) is 30.1 Å². The number of carbonyl (C=O) groups is 1. The summed E-state index contributed by atoms with van der Waals surface area (Å²) in [5, 5.41) is 0.605. The summed E-state index contributed by atoms with van der Waals surface area (Å²) >= 11 is 12.4. The summed E-state index contributed by atoms with van der Waals surface area (Å²) in [6.07, 6.45) is -7.41. The number of hydrogen-bond acceptors (Lipinski definition) is 3. The van der Waals surface area contributed by atoms with E-state index in [1.807, 2.05) is 18.2 Å². The van der Waals surface area contributed by atoms with Crippen molar-refractivity contribution in [1.82, 2.24) is 9.80 Å². The van der Waals surface area contributed by atoms with Gasteiger partial charge in [0, 0.05) is 25.0 Å². The Kier molecular flexibility index (Phi) is 10.3. The number of rotatable bonds is 8. The molecular weight excluding hydrogens is 641 g/mol. The van der Waals surface area contributed by atoms with Crippen molar-refractivity contribution in [2.24, 2.45) is 5.92 Å². The molecule has 0 aliphatic carbocycles. The molecule has 0 saturated carbocycles. The van der Waals surface area contributed by atoms with Crippen molar-refractivity contribution in [3.8, 4) is 0 Å². The fraction of sp³-hybridized carbons (Fsp3) is 0.424. The molecule has 5 rings (SSSR count). The predicted molar refractivity (Wildman–Crippen MR) is 160 cm³/mol. The minimum atomic E-state index is -5.01. The number of amides is 1. The van der Waals surface area contributed by atoms with Crippen molar-refractivity contribution < 1.29 is 35.9 Å². The number of halogens is 8. The summed E-state index contributed by atoms with van der Waals surface area (Å²) in [5.41, 5.74) is -1.17. The summed E-state index contributed by atoms with van der Waals surface area (Å²) < 4.78 is 87.0. The number of likely N-dealkylation sites (tertiary alicyclic amines) is 1. The van der Waals surface area contributed by atoms with Crippen LogP contribution >= 0.6 is 23.2 Å². The van der Waals surface area contributed by atoms with Gasteiger partial charge in [0.15, 0.2) is 0 Å². The minimum absolute atomic E-state index is 0.0203. The molecule has 2 unspecified atom stereocenters. The third kappa shape index (κ3) is 8.45. The van der Waals surface area contributed by atoms with Crippen LogP contribution in [0, 0.1) is 5.92 Å². The van der Waals surface area contributed by atoms with Gasteiger partial charge in [-0.3, -0.25) is 0 Å². The van der Waals surface area contributed by atoms with Gasteiger partial charge in [-0.05, 0) is 91.7 Å². The molecule has 45 heavy (non-hydrogen) atoms. The van der Waals surface area contributed by atoms with Crippen molar-refractivity contribution in [2.75, 3.05) is 26.2 Å². The summed E-state index contributed by atoms with van der Waals surface area (Å²) in [6.45, 7) is 1.76. The molecule has 2 aliphatic heterocycles. The Labute approximate surface area is 267 Å². The fourth-order valence-electron chi connectivity index (χ4n) is 6.29. The molecular formula is C33H32Cl2F6N2O2. The number of nitrogens with zero attached hydrogens (tertiary/aromatic N) is 2. The molecule has 2 saturated heterocycles. The van der Waals surface area contributed by atoms with Gasteiger partial charge in [0.1, 0.15) is 6.61 Å². The maximum atomic E-state index is 13.6. The van der Waals surface area contributed by atoms with Crippen molar-refractivity contribution in [1.29, 1.82) is 0 Å². The second-order valence-electron chi connectivity index (χ2n) is 11.7. The molecule has 2 aliphatic rings. The average Bonchev–Trinajstić information content (AvgIpc) is 2.99. The maximum Gasteiger partial charge on any atom is 0.416 e. The number of ether oxygens (including phenoxy) is 1. The number of alkyl halides is 6. The van der Waals surface area contributed by atoms with E-state index in [0.717, 1.165) is 32.4 Å². The van der Waals surface area contributed by atoms with Crippen molar-refractivity contribution >= 4 is 29.3 Å². The van der Waals surface area contributed by atoms with Gasteiger partial charge in [0.05, 0.1) is 21.2 Å². The van der Waals surface area contributed by atoms with Gasteiger partial charge in [-0.1, -0.05) is 59.6 Å². The zero-order valence-electron chi connectivity index (χ0n) is 24.2. The van der Waals surface area contributed by atoms with E-state index in [-0.39, 0.29) is 23.3 Å². The van der Waals surface area contributed by atoms with Gasteiger partial charge < -0.3 is 14.5 Å². The summed E-state index contributed by atoms with van der Waals surface area (Å²) in [4.78, 5) is 16.7. The van der Waals surface area contributed by atoms with Crippen LogP contribution in [0.1, 0.15) is 53.0 Å². The predicted octanol–water partition coefficient (Wildman–Crippen LogP) is 9.48. The van der Waals surface area contributed by atoms with Gasteiger partial charge >= 0.3 is 18.4 Å². The summed E-state index contributed by atoms with van der Waals surface area (Å²) in [7, 11) is 0. The van der Waals surface area contributed by atoms with Gasteiger partial charge in [0.2, 0.25) is 0 Å². The molecule has 4 nitrogen and oxygen atoms in total. The zero-order chi connectivity index (χ0) is 32.4. The Bertz CT molecular complexity index is 1440. The molecule has 0 aromatic heterocycles. The first-order valence-corrected chi connectivity index (χ1v) is 15.5. The molecule has 2 atom stereocenters.